The minimum Gasteiger partial charge on any atom is -0.481 e. The summed E-state index contributed by atoms with van der Waals surface area (Å²) in [5.41, 5.74) is 1.92. The van der Waals surface area contributed by atoms with Crippen LogP contribution >= 0.6 is 11.6 Å². The molecule has 0 amide bonds. The normalized spacial score (nSPS) is 12.4. The van der Waals surface area contributed by atoms with Gasteiger partial charge in [-0.2, -0.15) is 0 Å². The Morgan fingerprint density at radius 2 is 2.19 bits per heavy atom. The molecule has 0 aliphatic heterocycles. The van der Waals surface area contributed by atoms with E-state index in [1.807, 2.05) is 6.07 Å². The lowest BCUT2D eigenvalue weighted by Gasteiger charge is -2.11. The van der Waals surface area contributed by atoms with Crippen molar-refractivity contribution in [2.24, 2.45) is 5.92 Å². The molecule has 0 heterocycles. The van der Waals surface area contributed by atoms with Gasteiger partial charge in [-0.25, -0.2) is 0 Å². The topological polar surface area (TPSA) is 46.5 Å². The maximum absolute atomic E-state index is 10.8. The lowest BCUT2D eigenvalue weighted by molar-refractivity contribution is -0.141. The Kier molecular flexibility index (Phi) is 4.77. The summed E-state index contributed by atoms with van der Waals surface area (Å²) in [7, 11) is 1.61. The van der Waals surface area contributed by atoms with Crippen molar-refractivity contribution in [1.29, 1.82) is 0 Å². The monoisotopic (exact) mass is 242 g/mol. The predicted molar refractivity (Wildman–Crippen MR) is 62.7 cm³/mol. The van der Waals surface area contributed by atoms with Gasteiger partial charge in [0.1, 0.15) is 0 Å². The van der Waals surface area contributed by atoms with Gasteiger partial charge in [0.2, 0.25) is 0 Å². The van der Waals surface area contributed by atoms with E-state index in [1.54, 1.807) is 26.2 Å². The molecule has 1 aromatic rings. The zero-order chi connectivity index (χ0) is 12.1. The Morgan fingerprint density at radius 3 is 2.75 bits per heavy atom. The van der Waals surface area contributed by atoms with Crippen LogP contribution in [0.1, 0.15) is 18.1 Å². The number of carboxylic acid groups (broad SMARTS) is 1. The summed E-state index contributed by atoms with van der Waals surface area (Å²) in [6.45, 7) is 2.15. The molecule has 1 aromatic carbocycles. The molecule has 1 rings (SSSR count). The second-order valence-electron chi connectivity index (χ2n) is 3.79. The third-order valence-electron chi connectivity index (χ3n) is 2.42. The van der Waals surface area contributed by atoms with Crippen molar-refractivity contribution in [1.82, 2.24) is 0 Å². The van der Waals surface area contributed by atoms with Crippen molar-refractivity contribution in [3.05, 3.63) is 34.3 Å². The highest BCUT2D eigenvalue weighted by atomic mass is 35.5. The number of benzene rings is 1. The molecule has 3 nitrogen and oxygen atoms in total. The molecule has 16 heavy (non-hydrogen) atoms. The first-order valence-corrected chi connectivity index (χ1v) is 5.41. The largest absolute Gasteiger partial charge is 0.481 e. The number of halogens is 1. The fourth-order valence-corrected chi connectivity index (χ4v) is 1.69. The number of aliphatic carboxylic acids is 1. The highest BCUT2D eigenvalue weighted by Crippen LogP contribution is 2.20. The molecule has 88 valence electrons. The second kappa shape index (κ2) is 5.87. The van der Waals surface area contributed by atoms with Gasteiger partial charge in [0.25, 0.3) is 0 Å². The fourth-order valence-electron chi connectivity index (χ4n) is 1.50. The zero-order valence-corrected chi connectivity index (χ0v) is 10.1. The van der Waals surface area contributed by atoms with Gasteiger partial charge >= 0.3 is 5.97 Å². The van der Waals surface area contributed by atoms with E-state index in [0.717, 1.165) is 11.1 Å². The summed E-state index contributed by atoms with van der Waals surface area (Å²) >= 11 is 5.89. The molecule has 0 unspecified atom stereocenters. The minimum atomic E-state index is -0.802. The van der Waals surface area contributed by atoms with E-state index in [-0.39, 0.29) is 0 Å². The van der Waals surface area contributed by atoms with Crippen LogP contribution in [0, 0.1) is 5.92 Å². The van der Waals surface area contributed by atoms with E-state index >= 15 is 0 Å². The number of carboxylic acids is 1. The summed E-state index contributed by atoms with van der Waals surface area (Å²) in [5, 5.41) is 9.49. The first kappa shape index (κ1) is 13.0. The van der Waals surface area contributed by atoms with Gasteiger partial charge in [-0.05, 0) is 29.7 Å². The number of ether oxygens (including phenoxy) is 1. The summed E-state index contributed by atoms with van der Waals surface area (Å²) in [5.74, 6) is -1.22. The van der Waals surface area contributed by atoms with Crippen molar-refractivity contribution < 1.29 is 14.6 Å². The van der Waals surface area contributed by atoms with E-state index in [9.17, 15) is 4.79 Å². The summed E-state index contributed by atoms with van der Waals surface area (Å²) in [6.07, 6.45) is 0.467. The van der Waals surface area contributed by atoms with E-state index in [4.69, 9.17) is 21.4 Å². The Hall–Kier alpha value is -1.06. The van der Waals surface area contributed by atoms with Gasteiger partial charge < -0.3 is 9.84 Å². The molecule has 4 heteroatoms. The quantitative estimate of drug-likeness (QED) is 0.864. The second-order valence-corrected chi connectivity index (χ2v) is 4.23. The maximum Gasteiger partial charge on any atom is 0.306 e. The molecule has 1 atom stereocenters. The van der Waals surface area contributed by atoms with E-state index in [0.29, 0.717) is 18.1 Å². The first-order chi connectivity index (χ1) is 7.54. The average Bonchev–Trinajstić information content (AvgIpc) is 2.22. The number of methoxy groups -OCH3 is 1. The standard InChI is InChI=1S/C12H15ClO3/c1-8(12(14)15)5-10-6-11(13)4-3-9(10)7-16-2/h3-4,6,8H,5,7H2,1-2H3,(H,14,15)/t8-/m0/s1. The van der Waals surface area contributed by atoms with Crippen LogP contribution in [0.25, 0.3) is 0 Å². The molecule has 0 aromatic heterocycles. The highest BCUT2D eigenvalue weighted by molar-refractivity contribution is 6.30. The number of carbonyl (C=O) groups is 1. The lowest BCUT2D eigenvalue weighted by atomic mass is 9.97. The smallest absolute Gasteiger partial charge is 0.306 e. The van der Waals surface area contributed by atoms with Crippen molar-refractivity contribution in [2.45, 2.75) is 20.0 Å². The Bertz CT molecular complexity index is 377. The molecular formula is C12H15ClO3. The maximum atomic E-state index is 10.8. The van der Waals surface area contributed by atoms with Crippen LogP contribution in [-0.4, -0.2) is 18.2 Å². The van der Waals surface area contributed by atoms with Gasteiger partial charge in [0.05, 0.1) is 12.5 Å². The van der Waals surface area contributed by atoms with Gasteiger partial charge in [-0.15, -0.1) is 0 Å². The molecule has 0 saturated carbocycles. The molecule has 0 spiro atoms. The number of hydrogen-bond acceptors (Lipinski definition) is 2. The molecule has 0 aliphatic carbocycles. The van der Waals surface area contributed by atoms with Crippen LogP contribution in [-0.2, 0) is 22.6 Å². The molecule has 0 aliphatic rings. The van der Waals surface area contributed by atoms with Crippen LogP contribution in [0.15, 0.2) is 18.2 Å². The zero-order valence-electron chi connectivity index (χ0n) is 9.37. The molecule has 0 bridgehead atoms. The lowest BCUT2D eigenvalue weighted by Crippen LogP contribution is -2.13. The van der Waals surface area contributed by atoms with Gasteiger partial charge in [0, 0.05) is 12.1 Å². The number of rotatable bonds is 5. The third-order valence-corrected chi connectivity index (χ3v) is 2.65. The van der Waals surface area contributed by atoms with Crippen LogP contribution < -0.4 is 0 Å². The SMILES string of the molecule is COCc1ccc(Cl)cc1C[C@H](C)C(=O)O. The predicted octanol–water partition coefficient (Wildman–Crippen LogP) is 2.75. The van der Waals surface area contributed by atoms with Crippen LogP contribution in [0.4, 0.5) is 0 Å². The molecular weight excluding hydrogens is 228 g/mol. The van der Waals surface area contributed by atoms with E-state index in [1.165, 1.54) is 0 Å². The summed E-state index contributed by atoms with van der Waals surface area (Å²) in [6, 6.07) is 5.45. The van der Waals surface area contributed by atoms with Crippen molar-refractivity contribution >= 4 is 17.6 Å². The molecule has 0 radical (unpaired) electrons. The van der Waals surface area contributed by atoms with Crippen LogP contribution in [0.3, 0.4) is 0 Å². The van der Waals surface area contributed by atoms with Gasteiger partial charge in [-0.3, -0.25) is 4.79 Å². The highest BCUT2D eigenvalue weighted by Gasteiger charge is 2.14. The van der Waals surface area contributed by atoms with Gasteiger partial charge in [-0.1, -0.05) is 24.6 Å². The Balaban J connectivity index is 2.91. The summed E-state index contributed by atoms with van der Waals surface area (Å²) in [4.78, 5) is 10.8. The van der Waals surface area contributed by atoms with E-state index < -0.39 is 11.9 Å². The molecule has 1 N–H and O–H groups in total. The Morgan fingerprint density at radius 1 is 1.50 bits per heavy atom. The Labute approximate surface area is 100.0 Å². The minimum absolute atomic E-state index is 0.422. The van der Waals surface area contributed by atoms with E-state index in [2.05, 4.69) is 0 Å². The van der Waals surface area contributed by atoms with Crippen LogP contribution in [0.5, 0.6) is 0 Å². The van der Waals surface area contributed by atoms with Crippen molar-refractivity contribution in [2.75, 3.05) is 7.11 Å². The first-order valence-electron chi connectivity index (χ1n) is 5.03. The van der Waals surface area contributed by atoms with Crippen molar-refractivity contribution in [3.63, 3.8) is 0 Å². The van der Waals surface area contributed by atoms with Crippen molar-refractivity contribution in [3.8, 4) is 0 Å². The fraction of sp³-hybridized carbons (Fsp3) is 0.417. The van der Waals surface area contributed by atoms with Crippen LogP contribution in [0.2, 0.25) is 5.02 Å². The van der Waals surface area contributed by atoms with Gasteiger partial charge in [0.15, 0.2) is 0 Å². The molecule has 0 fully saturated rings. The molecule has 0 saturated heterocycles. The average molecular weight is 243 g/mol. The third kappa shape index (κ3) is 3.51. The summed E-state index contributed by atoms with van der Waals surface area (Å²) < 4.78 is 5.06. The number of hydrogen-bond donors (Lipinski definition) is 1.